The molecule has 0 radical (unpaired) electrons. The molecule has 0 aromatic carbocycles. The molecule has 1 rings (SSSR count). The van der Waals surface area contributed by atoms with Crippen LogP contribution in [0, 0.1) is 0 Å². The number of halogens is 3. The number of nitrogens with zero attached hydrogens (tertiary/aromatic N) is 2. The van der Waals surface area contributed by atoms with Gasteiger partial charge in [-0.15, -0.1) is 0 Å². The minimum absolute atomic E-state index is 0.234. The molecule has 0 aliphatic heterocycles. The van der Waals surface area contributed by atoms with Gasteiger partial charge in [0.05, 0.1) is 0 Å². The number of alkyl halides is 3. The normalized spacial score (nSPS) is 11.4. The van der Waals surface area contributed by atoms with E-state index in [-0.39, 0.29) is 5.69 Å². The van der Waals surface area contributed by atoms with Crippen molar-refractivity contribution in [1.82, 2.24) is 9.97 Å². The number of rotatable bonds is 1. The Morgan fingerprint density at radius 3 is 2.54 bits per heavy atom. The summed E-state index contributed by atoms with van der Waals surface area (Å²) in [6.07, 6.45) is -3.70. The van der Waals surface area contributed by atoms with Crippen LogP contribution in [-0.4, -0.2) is 15.8 Å². The zero-order valence-electron chi connectivity index (χ0n) is 6.59. The maximum atomic E-state index is 12.0. The smallest absolute Gasteiger partial charge is 0.293 e. The van der Waals surface area contributed by atoms with Crippen LogP contribution < -0.4 is 0 Å². The molecule has 0 saturated carbocycles. The molecule has 0 amide bonds. The Hall–Kier alpha value is -1.46. The largest absolute Gasteiger partial charge is 0.451 e. The maximum absolute atomic E-state index is 12.0. The molecule has 0 fully saturated rings. The molecule has 0 atom stereocenters. The van der Waals surface area contributed by atoms with E-state index in [9.17, 15) is 18.0 Å². The van der Waals surface area contributed by atoms with E-state index in [0.29, 0.717) is 0 Å². The zero-order valence-corrected chi connectivity index (χ0v) is 6.59. The van der Waals surface area contributed by atoms with Crippen LogP contribution in [0.5, 0.6) is 0 Å². The fourth-order valence-electron chi connectivity index (χ4n) is 0.691. The Bertz CT molecular complexity index is 335. The quantitative estimate of drug-likeness (QED) is 0.633. The number of hydrogen-bond donors (Lipinski definition) is 0. The van der Waals surface area contributed by atoms with Crippen molar-refractivity contribution >= 4 is 5.78 Å². The van der Waals surface area contributed by atoms with Crippen molar-refractivity contribution < 1.29 is 18.0 Å². The van der Waals surface area contributed by atoms with Crippen LogP contribution in [0.15, 0.2) is 12.3 Å². The second-order valence-electron chi connectivity index (χ2n) is 2.32. The van der Waals surface area contributed by atoms with Crippen LogP contribution >= 0.6 is 0 Å². The molecule has 0 spiro atoms. The first-order valence-corrected chi connectivity index (χ1v) is 3.32. The van der Waals surface area contributed by atoms with Crippen molar-refractivity contribution in [3.05, 3.63) is 23.8 Å². The summed E-state index contributed by atoms with van der Waals surface area (Å²) in [6.45, 7) is 1.14. The molecule has 0 saturated heterocycles. The summed E-state index contributed by atoms with van der Waals surface area (Å²) in [5, 5.41) is 0. The Labute approximate surface area is 71.6 Å². The van der Waals surface area contributed by atoms with Crippen molar-refractivity contribution in [3.63, 3.8) is 0 Å². The van der Waals surface area contributed by atoms with Crippen molar-refractivity contribution in [3.8, 4) is 0 Å². The molecule has 0 aliphatic rings. The maximum Gasteiger partial charge on any atom is 0.451 e. The fraction of sp³-hybridized carbons (Fsp3) is 0.286. The van der Waals surface area contributed by atoms with Gasteiger partial charge in [0.25, 0.3) is 0 Å². The highest BCUT2D eigenvalue weighted by molar-refractivity contribution is 5.91. The number of hydrogen-bond acceptors (Lipinski definition) is 3. The Morgan fingerprint density at radius 1 is 1.46 bits per heavy atom. The molecule has 0 bridgehead atoms. The second kappa shape index (κ2) is 3.12. The molecule has 6 heteroatoms. The molecule has 3 nitrogen and oxygen atoms in total. The van der Waals surface area contributed by atoms with Gasteiger partial charge in [-0.1, -0.05) is 0 Å². The standard InChI is InChI=1S/C7H5F3N2O/c1-4(13)5-2-3-11-6(12-5)7(8,9)10/h2-3H,1H3. The molecule has 1 aromatic rings. The average Bonchev–Trinajstić information content (AvgIpc) is 2.03. The Balaban J connectivity index is 3.13. The van der Waals surface area contributed by atoms with Gasteiger partial charge in [0.1, 0.15) is 5.69 Å². The Kier molecular flexibility index (Phi) is 2.31. The lowest BCUT2D eigenvalue weighted by molar-refractivity contribution is -0.145. The number of aromatic nitrogens is 2. The number of ketones is 1. The molecule has 70 valence electrons. The van der Waals surface area contributed by atoms with Gasteiger partial charge in [0.15, 0.2) is 5.78 Å². The molecule has 0 N–H and O–H groups in total. The lowest BCUT2D eigenvalue weighted by Crippen LogP contribution is -2.13. The van der Waals surface area contributed by atoms with E-state index in [1.54, 1.807) is 0 Å². The van der Waals surface area contributed by atoms with Crippen molar-refractivity contribution in [2.45, 2.75) is 13.1 Å². The highest BCUT2D eigenvalue weighted by Gasteiger charge is 2.34. The molecular formula is C7H5F3N2O. The third-order valence-corrected chi connectivity index (χ3v) is 1.27. The van der Waals surface area contributed by atoms with Crippen molar-refractivity contribution in [2.75, 3.05) is 0 Å². The SMILES string of the molecule is CC(=O)c1ccnc(C(F)(F)F)n1. The molecular weight excluding hydrogens is 185 g/mol. The van der Waals surface area contributed by atoms with Gasteiger partial charge in [-0.25, -0.2) is 9.97 Å². The number of Topliss-reactive ketones (excluding diaryl/α,β-unsaturated/α-hetero) is 1. The molecule has 1 heterocycles. The minimum Gasteiger partial charge on any atom is -0.293 e. The van der Waals surface area contributed by atoms with Gasteiger partial charge in [0, 0.05) is 13.1 Å². The predicted molar refractivity (Wildman–Crippen MR) is 37.0 cm³/mol. The number of carbonyl (C=O) groups is 1. The van der Waals surface area contributed by atoms with E-state index in [1.807, 2.05) is 0 Å². The highest BCUT2D eigenvalue weighted by Crippen LogP contribution is 2.25. The van der Waals surface area contributed by atoms with Crippen LogP contribution in [-0.2, 0) is 6.18 Å². The van der Waals surface area contributed by atoms with Crippen LogP contribution in [0.4, 0.5) is 13.2 Å². The summed E-state index contributed by atoms with van der Waals surface area (Å²) in [4.78, 5) is 16.7. The monoisotopic (exact) mass is 190 g/mol. The van der Waals surface area contributed by atoms with Gasteiger partial charge < -0.3 is 0 Å². The van der Waals surface area contributed by atoms with Crippen LogP contribution in [0.3, 0.4) is 0 Å². The predicted octanol–water partition coefficient (Wildman–Crippen LogP) is 1.70. The Morgan fingerprint density at radius 2 is 2.08 bits per heavy atom. The van der Waals surface area contributed by atoms with Crippen LogP contribution in [0.2, 0.25) is 0 Å². The summed E-state index contributed by atoms with van der Waals surface area (Å²) < 4.78 is 36.0. The van der Waals surface area contributed by atoms with E-state index < -0.39 is 17.8 Å². The van der Waals surface area contributed by atoms with Crippen LogP contribution in [0.25, 0.3) is 0 Å². The van der Waals surface area contributed by atoms with Gasteiger partial charge in [-0.2, -0.15) is 13.2 Å². The fourth-order valence-corrected chi connectivity index (χ4v) is 0.691. The van der Waals surface area contributed by atoms with Crippen molar-refractivity contribution in [2.24, 2.45) is 0 Å². The summed E-state index contributed by atoms with van der Waals surface area (Å²) in [5.41, 5.74) is -0.234. The average molecular weight is 190 g/mol. The van der Waals surface area contributed by atoms with Gasteiger partial charge in [-0.05, 0) is 6.07 Å². The third kappa shape index (κ3) is 2.24. The summed E-state index contributed by atoms with van der Waals surface area (Å²) >= 11 is 0. The third-order valence-electron chi connectivity index (χ3n) is 1.27. The van der Waals surface area contributed by atoms with E-state index in [4.69, 9.17) is 0 Å². The molecule has 0 aliphatic carbocycles. The topological polar surface area (TPSA) is 42.9 Å². The summed E-state index contributed by atoms with van der Waals surface area (Å²) in [7, 11) is 0. The van der Waals surface area contributed by atoms with E-state index >= 15 is 0 Å². The minimum atomic E-state index is -4.61. The van der Waals surface area contributed by atoms with E-state index in [0.717, 1.165) is 19.2 Å². The first kappa shape index (κ1) is 9.63. The van der Waals surface area contributed by atoms with E-state index in [1.165, 1.54) is 0 Å². The van der Waals surface area contributed by atoms with Crippen molar-refractivity contribution in [1.29, 1.82) is 0 Å². The lowest BCUT2D eigenvalue weighted by Gasteiger charge is -2.04. The van der Waals surface area contributed by atoms with Crippen LogP contribution in [0.1, 0.15) is 23.2 Å². The van der Waals surface area contributed by atoms with Gasteiger partial charge in [-0.3, -0.25) is 4.79 Å². The lowest BCUT2D eigenvalue weighted by atomic mass is 10.3. The molecule has 13 heavy (non-hydrogen) atoms. The summed E-state index contributed by atoms with van der Waals surface area (Å²) in [5.74, 6) is -1.81. The number of carbonyl (C=O) groups excluding carboxylic acids is 1. The second-order valence-corrected chi connectivity index (χ2v) is 2.32. The van der Waals surface area contributed by atoms with Gasteiger partial charge >= 0.3 is 6.18 Å². The van der Waals surface area contributed by atoms with Gasteiger partial charge in [0.2, 0.25) is 5.82 Å². The molecule has 1 aromatic heterocycles. The first-order valence-electron chi connectivity index (χ1n) is 3.32. The highest BCUT2D eigenvalue weighted by atomic mass is 19.4. The van der Waals surface area contributed by atoms with E-state index in [2.05, 4.69) is 9.97 Å². The summed E-state index contributed by atoms with van der Waals surface area (Å²) in [6, 6.07) is 1.14. The first-order chi connectivity index (χ1) is 5.91. The molecule has 0 unspecified atom stereocenters. The zero-order chi connectivity index (χ0) is 10.1.